The fourth-order valence-electron chi connectivity index (χ4n) is 2.54. The molecule has 2 aromatic carbocycles. The van der Waals surface area contributed by atoms with Crippen molar-refractivity contribution in [2.75, 3.05) is 5.75 Å². The highest BCUT2D eigenvalue weighted by molar-refractivity contribution is 7.99. The van der Waals surface area contributed by atoms with Crippen LogP contribution in [0.2, 0.25) is 10.0 Å². The van der Waals surface area contributed by atoms with Gasteiger partial charge in [-0.1, -0.05) is 53.2 Å². The summed E-state index contributed by atoms with van der Waals surface area (Å²) in [6.45, 7) is 4.10. The highest BCUT2D eigenvalue weighted by Crippen LogP contribution is 2.27. The summed E-state index contributed by atoms with van der Waals surface area (Å²) in [6, 6.07) is 13.1. The Kier molecular flexibility index (Phi) is 5.14. The molecule has 0 amide bonds. The van der Waals surface area contributed by atoms with Gasteiger partial charge in [-0.15, -0.1) is 0 Å². The van der Waals surface area contributed by atoms with Crippen LogP contribution in [-0.4, -0.2) is 16.5 Å². The summed E-state index contributed by atoms with van der Waals surface area (Å²) in [5, 5.41) is 2.89. The van der Waals surface area contributed by atoms with Crippen molar-refractivity contribution in [2.45, 2.75) is 18.9 Å². The summed E-state index contributed by atoms with van der Waals surface area (Å²) in [7, 11) is 0. The summed E-state index contributed by atoms with van der Waals surface area (Å²) in [4.78, 5) is 17.1. The molecule has 2 nitrogen and oxygen atoms in total. The lowest BCUT2D eigenvalue weighted by Crippen LogP contribution is -2.03. The van der Waals surface area contributed by atoms with Crippen LogP contribution in [0.5, 0.6) is 0 Å². The molecule has 0 atom stereocenters. The minimum Gasteiger partial charge on any atom is -0.293 e. The van der Waals surface area contributed by atoms with Gasteiger partial charge in [-0.2, -0.15) is 0 Å². The van der Waals surface area contributed by atoms with Gasteiger partial charge in [-0.3, -0.25) is 4.79 Å². The van der Waals surface area contributed by atoms with Crippen molar-refractivity contribution in [3.63, 3.8) is 0 Å². The molecular weight excluding hydrogens is 361 g/mol. The normalized spacial score (nSPS) is 11.0. The third-order valence-corrected chi connectivity index (χ3v) is 5.27. The number of aryl methyl sites for hydroxylation is 2. The van der Waals surface area contributed by atoms with Gasteiger partial charge in [0, 0.05) is 16.0 Å². The minimum atomic E-state index is -0.0361. The Labute approximate surface area is 155 Å². The molecule has 0 fully saturated rings. The van der Waals surface area contributed by atoms with Crippen LogP contribution in [0.3, 0.4) is 0 Å². The van der Waals surface area contributed by atoms with Crippen LogP contribution in [0, 0.1) is 13.8 Å². The number of fused-ring (bicyclic) bond motifs is 1. The van der Waals surface area contributed by atoms with Crippen LogP contribution in [0.1, 0.15) is 21.5 Å². The highest BCUT2D eigenvalue weighted by Gasteiger charge is 2.13. The van der Waals surface area contributed by atoms with Gasteiger partial charge in [-0.05, 0) is 49.2 Å². The molecule has 3 rings (SSSR count). The minimum absolute atomic E-state index is 0.0361. The van der Waals surface area contributed by atoms with Crippen LogP contribution in [0.25, 0.3) is 10.9 Å². The molecule has 0 aliphatic rings. The Balaban J connectivity index is 1.83. The van der Waals surface area contributed by atoms with Crippen LogP contribution >= 0.6 is 35.0 Å². The molecule has 0 saturated heterocycles. The lowest BCUT2D eigenvalue weighted by atomic mass is 10.1. The molecule has 0 N–H and O–H groups in total. The number of nitrogens with zero attached hydrogens (tertiary/aromatic N) is 1. The van der Waals surface area contributed by atoms with E-state index in [0.717, 1.165) is 27.1 Å². The summed E-state index contributed by atoms with van der Waals surface area (Å²) in [5.41, 5.74) is 3.76. The second-order valence-corrected chi connectivity index (χ2v) is 7.42. The molecule has 24 heavy (non-hydrogen) atoms. The highest BCUT2D eigenvalue weighted by atomic mass is 35.5. The van der Waals surface area contributed by atoms with E-state index in [0.29, 0.717) is 15.6 Å². The third-order valence-electron chi connectivity index (χ3n) is 3.81. The monoisotopic (exact) mass is 375 g/mol. The molecule has 0 aliphatic carbocycles. The van der Waals surface area contributed by atoms with E-state index in [1.807, 2.05) is 25.1 Å². The van der Waals surface area contributed by atoms with Crippen LogP contribution < -0.4 is 0 Å². The SMILES string of the molecule is Cc1cc(SCC(=O)c2ccc(Cl)cc2Cl)nc2c(C)cccc12. The first-order valence-electron chi connectivity index (χ1n) is 7.44. The number of para-hydroxylation sites is 1. The van der Waals surface area contributed by atoms with E-state index in [1.165, 1.54) is 11.8 Å². The molecule has 0 saturated carbocycles. The van der Waals surface area contributed by atoms with E-state index in [4.69, 9.17) is 28.2 Å². The molecule has 3 aromatic rings. The summed E-state index contributed by atoms with van der Waals surface area (Å²) >= 11 is 13.4. The van der Waals surface area contributed by atoms with Gasteiger partial charge in [0.1, 0.15) is 0 Å². The van der Waals surface area contributed by atoms with Crippen molar-refractivity contribution in [2.24, 2.45) is 0 Å². The molecule has 0 spiro atoms. The number of benzene rings is 2. The third kappa shape index (κ3) is 3.59. The maximum atomic E-state index is 12.4. The van der Waals surface area contributed by atoms with Gasteiger partial charge in [0.15, 0.2) is 5.78 Å². The summed E-state index contributed by atoms with van der Waals surface area (Å²) < 4.78 is 0. The molecule has 1 heterocycles. The molecule has 0 radical (unpaired) electrons. The Morgan fingerprint density at radius 2 is 1.88 bits per heavy atom. The second kappa shape index (κ2) is 7.14. The van der Waals surface area contributed by atoms with E-state index >= 15 is 0 Å². The van der Waals surface area contributed by atoms with Crippen molar-refractivity contribution < 1.29 is 4.79 Å². The average Bonchev–Trinajstić information content (AvgIpc) is 2.53. The fourth-order valence-corrected chi connectivity index (χ4v) is 3.90. The number of rotatable bonds is 4. The molecule has 0 bridgehead atoms. The number of carbonyl (C=O) groups is 1. The van der Waals surface area contributed by atoms with E-state index in [1.54, 1.807) is 18.2 Å². The number of ketones is 1. The van der Waals surface area contributed by atoms with Crippen LogP contribution in [0.4, 0.5) is 0 Å². The zero-order chi connectivity index (χ0) is 17.3. The number of halogens is 2. The van der Waals surface area contributed by atoms with Crippen molar-refractivity contribution in [1.82, 2.24) is 4.98 Å². The molecule has 1 aromatic heterocycles. The zero-order valence-corrected chi connectivity index (χ0v) is 15.6. The predicted octanol–water partition coefficient (Wildman–Crippen LogP) is 6.13. The Bertz CT molecular complexity index is 940. The van der Waals surface area contributed by atoms with E-state index in [2.05, 4.69) is 13.0 Å². The van der Waals surface area contributed by atoms with Gasteiger partial charge in [0.25, 0.3) is 0 Å². The number of hydrogen-bond donors (Lipinski definition) is 0. The van der Waals surface area contributed by atoms with Crippen molar-refractivity contribution >= 4 is 51.6 Å². The number of thioether (sulfide) groups is 1. The van der Waals surface area contributed by atoms with Crippen LogP contribution in [0.15, 0.2) is 47.5 Å². The molecular formula is C19H15Cl2NOS. The Hall–Kier alpha value is -1.55. The number of Topliss-reactive ketones (excluding diaryl/α,β-unsaturated/α-hetero) is 1. The first kappa shape index (κ1) is 17.3. The van der Waals surface area contributed by atoms with E-state index in [9.17, 15) is 4.79 Å². The first-order valence-corrected chi connectivity index (χ1v) is 9.18. The van der Waals surface area contributed by atoms with Gasteiger partial charge >= 0.3 is 0 Å². The average molecular weight is 376 g/mol. The molecule has 122 valence electrons. The fraction of sp³-hybridized carbons (Fsp3) is 0.158. The summed E-state index contributed by atoms with van der Waals surface area (Å²) in [5.74, 6) is 0.247. The first-order chi connectivity index (χ1) is 11.5. The van der Waals surface area contributed by atoms with E-state index < -0.39 is 0 Å². The lowest BCUT2D eigenvalue weighted by molar-refractivity contribution is 0.102. The Morgan fingerprint density at radius 1 is 1.08 bits per heavy atom. The predicted molar refractivity (Wildman–Crippen MR) is 103 cm³/mol. The number of carbonyl (C=O) groups excluding carboxylic acids is 1. The smallest absolute Gasteiger partial charge is 0.174 e. The van der Waals surface area contributed by atoms with Gasteiger partial charge in [-0.25, -0.2) is 4.98 Å². The quantitative estimate of drug-likeness (QED) is 0.405. The van der Waals surface area contributed by atoms with Gasteiger partial charge < -0.3 is 0 Å². The van der Waals surface area contributed by atoms with Crippen molar-refractivity contribution in [3.8, 4) is 0 Å². The van der Waals surface area contributed by atoms with Gasteiger partial charge in [0.05, 0.1) is 21.3 Å². The second-order valence-electron chi connectivity index (χ2n) is 5.58. The largest absolute Gasteiger partial charge is 0.293 e. The zero-order valence-electron chi connectivity index (χ0n) is 13.3. The lowest BCUT2D eigenvalue weighted by Gasteiger charge is -2.08. The number of aromatic nitrogens is 1. The molecule has 5 heteroatoms. The number of pyridine rings is 1. The van der Waals surface area contributed by atoms with Crippen molar-refractivity contribution in [1.29, 1.82) is 0 Å². The van der Waals surface area contributed by atoms with E-state index in [-0.39, 0.29) is 11.5 Å². The van der Waals surface area contributed by atoms with Gasteiger partial charge in [0.2, 0.25) is 0 Å². The number of hydrogen-bond acceptors (Lipinski definition) is 3. The van der Waals surface area contributed by atoms with Crippen LogP contribution in [-0.2, 0) is 0 Å². The Morgan fingerprint density at radius 3 is 2.62 bits per heavy atom. The maximum Gasteiger partial charge on any atom is 0.174 e. The molecule has 0 aliphatic heterocycles. The standard InChI is InChI=1S/C19H15Cl2NOS/c1-11-4-3-5-14-12(2)8-18(22-19(11)14)24-10-17(23)15-7-6-13(20)9-16(15)21/h3-9H,10H2,1-2H3. The topological polar surface area (TPSA) is 30.0 Å². The molecule has 0 unspecified atom stereocenters. The summed E-state index contributed by atoms with van der Waals surface area (Å²) in [6.07, 6.45) is 0. The maximum absolute atomic E-state index is 12.4. The van der Waals surface area contributed by atoms with Crippen molar-refractivity contribution in [3.05, 3.63) is 69.2 Å².